The molecule has 6 heteroatoms. The van der Waals surface area contributed by atoms with Crippen molar-refractivity contribution in [1.82, 2.24) is 10.2 Å². The topological polar surface area (TPSA) is 71.8 Å². The lowest BCUT2D eigenvalue weighted by atomic mass is 10.1. The molecule has 2 aliphatic heterocycles. The molecular weight excluding hydrogens is 272 g/mol. The lowest BCUT2D eigenvalue weighted by Crippen LogP contribution is -2.45. The number of hydrogen-bond donors (Lipinski definition) is 1. The van der Waals surface area contributed by atoms with E-state index in [1.54, 1.807) is 6.92 Å². The summed E-state index contributed by atoms with van der Waals surface area (Å²) in [5.74, 6) is 0.197. The summed E-state index contributed by atoms with van der Waals surface area (Å²) < 4.78 is 11.0. The van der Waals surface area contributed by atoms with Gasteiger partial charge in [-0.2, -0.15) is 0 Å². The van der Waals surface area contributed by atoms with Gasteiger partial charge in [0.1, 0.15) is 5.76 Å². The number of fused-ring (bicyclic) bond motifs is 1. The molecule has 1 aromatic heterocycles. The third-order valence-electron chi connectivity index (χ3n) is 4.04. The molecule has 0 saturated carbocycles. The molecule has 21 heavy (non-hydrogen) atoms. The zero-order valence-corrected chi connectivity index (χ0v) is 12.3. The number of hydrogen-bond acceptors (Lipinski definition) is 5. The van der Waals surface area contributed by atoms with Crippen molar-refractivity contribution in [3.8, 4) is 0 Å². The molecule has 1 aromatic rings. The maximum Gasteiger partial charge on any atom is 0.287 e. The number of carbonyl (C=O) groups excluding carboxylic acids is 1. The zero-order chi connectivity index (χ0) is 15.0. The predicted octanol–water partition coefficient (Wildman–Crippen LogP) is 0.540. The van der Waals surface area contributed by atoms with Crippen LogP contribution in [0.2, 0.25) is 0 Å². The first-order chi connectivity index (χ1) is 10.0. The summed E-state index contributed by atoms with van der Waals surface area (Å²) in [4.78, 5) is 26.0. The third kappa shape index (κ3) is 3.16. The highest BCUT2D eigenvalue weighted by molar-refractivity contribution is 5.91. The van der Waals surface area contributed by atoms with Crippen molar-refractivity contribution < 1.29 is 13.9 Å². The largest absolute Gasteiger partial charge is 0.456 e. The van der Waals surface area contributed by atoms with E-state index in [4.69, 9.17) is 9.15 Å². The minimum absolute atomic E-state index is 0.0715. The molecule has 1 N–H and O–H groups in total. The molecule has 2 aliphatic rings. The van der Waals surface area contributed by atoms with Crippen LogP contribution in [0, 0.1) is 6.92 Å². The molecule has 2 saturated heterocycles. The Morgan fingerprint density at radius 1 is 1.38 bits per heavy atom. The van der Waals surface area contributed by atoms with Crippen LogP contribution < -0.4 is 10.7 Å². The molecule has 114 valence electrons. The van der Waals surface area contributed by atoms with Gasteiger partial charge in [-0.25, -0.2) is 0 Å². The van der Waals surface area contributed by atoms with Gasteiger partial charge in [0.25, 0.3) is 5.91 Å². The first-order valence-corrected chi connectivity index (χ1v) is 7.29. The first kappa shape index (κ1) is 14.3. The lowest BCUT2D eigenvalue weighted by molar-refractivity contribution is -0.0390. The highest BCUT2D eigenvalue weighted by Crippen LogP contribution is 2.23. The first-order valence-electron chi connectivity index (χ1n) is 7.29. The van der Waals surface area contributed by atoms with Crippen LogP contribution in [-0.2, 0) is 4.74 Å². The molecule has 0 spiro atoms. The Hall–Kier alpha value is -1.66. The van der Waals surface area contributed by atoms with Crippen molar-refractivity contribution in [1.29, 1.82) is 0 Å². The van der Waals surface area contributed by atoms with Crippen LogP contribution >= 0.6 is 0 Å². The van der Waals surface area contributed by atoms with Gasteiger partial charge < -0.3 is 14.5 Å². The SMILES string of the molecule is Cc1cc(=O)cc(C(=O)N[C@H]2C[C@H]3CO[C@@H](C)CN3C2)o1. The molecule has 6 nitrogen and oxygen atoms in total. The lowest BCUT2D eigenvalue weighted by Gasteiger charge is -2.33. The molecule has 0 radical (unpaired) electrons. The van der Waals surface area contributed by atoms with Gasteiger partial charge in [-0.3, -0.25) is 14.5 Å². The summed E-state index contributed by atoms with van der Waals surface area (Å²) in [6, 6.07) is 3.04. The Labute approximate surface area is 123 Å². The van der Waals surface area contributed by atoms with Gasteiger partial charge in [0.05, 0.1) is 12.7 Å². The summed E-state index contributed by atoms with van der Waals surface area (Å²) in [6.45, 7) is 6.15. The summed E-state index contributed by atoms with van der Waals surface area (Å²) in [5.41, 5.74) is -0.213. The van der Waals surface area contributed by atoms with E-state index in [0.29, 0.717) is 18.4 Å². The van der Waals surface area contributed by atoms with E-state index in [1.807, 2.05) is 0 Å². The van der Waals surface area contributed by atoms with Crippen molar-refractivity contribution >= 4 is 5.91 Å². The van der Waals surface area contributed by atoms with Crippen molar-refractivity contribution in [2.45, 2.75) is 38.5 Å². The average Bonchev–Trinajstić information content (AvgIpc) is 2.78. The Morgan fingerprint density at radius 2 is 2.19 bits per heavy atom. The average molecular weight is 292 g/mol. The van der Waals surface area contributed by atoms with Crippen LogP contribution in [0.5, 0.6) is 0 Å². The highest BCUT2D eigenvalue weighted by atomic mass is 16.5. The standard InChI is InChI=1S/C15H20N2O4/c1-9-3-13(18)5-14(21-9)15(19)16-11-4-12-8-20-10(2)6-17(12)7-11/h3,5,10-12H,4,6-8H2,1-2H3,(H,16,19)/t10-,11-,12-/m0/s1. The normalized spacial score (nSPS) is 29.1. The molecule has 3 rings (SSSR count). The number of rotatable bonds is 2. The van der Waals surface area contributed by atoms with Gasteiger partial charge in [-0.1, -0.05) is 0 Å². The zero-order valence-electron chi connectivity index (χ0n) is 12.3. The minimum atomic E-state index is -0.324. The smallest absolute Gasteiger partial charge is 0.287 e. The van der Waals surface area contributed by atoms with E-state index in [1.165, 1.54) is 12.1 Å². The molecule has 2 fully saturated rings. The fourth-order valence-corrected chi connectivity index (χ4v) is 3.12. The predicted molar refractivity (Wildman–Crippen MR) is 76.4 cm³/mol. The molecule has 0 unspecified atom stereocenters. The van der Waals surface area contributed by atoms with Crippen LogP contribution in [0.4, 0.5) is 0 Å². The maximum atomic E-state index is 12.2. The van der Waals surface area contributed by atoms with Crippen LogP contribution in [0.1, 0.15) is 29.7 Å². The van der Waals surface area contributed by atoms with E-state index in [0.717, 1.165) is 19.5 Å². The number of ether oxygens (including phenoxy) is 1. The molecule has 3 heterocycles. The minimum Gasteiger partial charge on any atom is -0.456 e. The molecule has 3 atom stereocenters. The quantitative estimate of drug-likeness (QED) is 0.861. The van der Waals surface area contributed by atoms with Gasteiger partial charge in [-0.05, 0) is 20.3 Å². The Kier molecular flexibility index (Phi) is 3.82. The second-order valence-corrected chi connectivity index (χ2v) is 5.93. The van der Waals surface area contributed by atoms with E-state index < -0.39 is 0 Å². The summed E-state index contributed by atoms with van der Waals surface area (Å²) in [5, 5.41) is 2.95. The van der Waals surface area contributed by atoms with E-state index in [2.05, 4.69) is 17.1 Å². The fourth-order valence-electron chi connectivity index (χ4n) is 3.12. The summed E-state index contributed by atoms with van der Waals surface area (Å²) in [7, 11) is 0. The number of aryl methyl sites for hydroxylation is 1. The van der Waals surface area contributed by atoms with Crippen LogP contribution in [0.15, 0.2) is 21.3 Å². The number of carbonyl (C=O) groups is 1. The molecule has 0 aliphatic carbocycles. The van der Waals surface area contributed by atoms with Crippen LogP contribution in [-0.4, -0.2) is 48.7 Å². The summed E-state index contributed by atoms with van der Waals surface area (Å²) in [6.07, 6.45) is 1.11. The van der Waals surface area contributed by atoms with Gasteiger partial charge in [0, 0.05) is 37.3 Å². The third-order valence-corrected chi connectivity index (χ3v) is 4.04. The van der Waals surface area contributed by atoms with Gasteiger partial charge in [-0.15, -0.1) is 0 Å². The number of nitrogens with one attached hydrogen (secondary N) is 1. The van der Waals surface area contributed by atoms with Gasteiger partial charge in [0.15, 0.2) is 11.2 Å². The van der Waals surface area contributed by atoms with Crippen LogP contribution in [0.25, 0.3) is 0 Å². The van der Waals surface area contributed by atoms with E-state index in [-0.39, 0.29) is 29.2 Å². The van der Waals surface area contributed by atoms with Crippen molar-refractivity contribution in [3.63, 3.8) is 0 Å². The Bertz CT molecular complexity index is 598. The maximum absolute atomic E-state index is 12.2. The highest BCUT2D eigenvalue weighted by Gasteiger charge is 2.37. The van der Waals surface area contributed by atoms with Gasteiger partial charge in [0.2, 0.25) is 0 Å². The Morgan fingerprint density at radius 3 is 2.95 bits per heavy atom. The Balaban J connectivity index is 1.64. The van der Waals surface area contributed by atoms with Crippen molar-refractivity contribution in [2.75, 3.05) is 19.7 Å². The van der Waals surface area contributed by atoms with E-state index >= 15 is 0 Å². The number of morpholine rings is 1. The molecular formula is C15H20N2O4. The van der Waals surface area contributed by atoms with Crippen molar-refractivity contribution in [3.05, 3.63) is 33.9 Å². The molecule has 1 amide bonds. The van der Waals surface area contributed by atoms with Crippen LogP contribution in [0.3, 0.4) is 0 Å². The molecule has 0 bridgehead atoms. The second kappa shape index (κ2) is 5.61. The van der Waals surface area contributed by atoms with Crippen molar-refractivity contribution in [2.24, 2.45) is 0 Å². The molecule has 0 aromatic carbocycles. The van der Waals surface area contributed by atoms with Gasteiger partial charge >= 0.3 is 0 Å². The summed E-state index contributed by atoms with van der Waals surface area (Å²) >= 11 is 0. The van der Waals surface area contributed by atoms with E-state index in [9.17, 15) is 9.59 Å². The number of nitrogens with zero attached hydrogens (tertiary/aromatic N) is 1. The number of amides is 1. The monoisotopic (exact) mass is 292 g/mol. The second-order valence-electron chi connectivity index (χ2n) is 5.93. The fraction of sp³-hybridized carbons (Fsp3) is 0.600.